The molecular formula is C50H51BrN2. The van der Waals surface area contributed by atoms with Crippen molar-refractivity contribution in [2.45, 2.75) is 66.2 Å². The summed E-state index contributed by atoms with van der Waals surface area (Å²) in [4.78, 5) is 9.38. The molecule has 53 heavy (non-hydrogen) atoms. The van der Waals surface area contributed by atoms with Gasteiger partial charge in [-0.3, -0.25) is 9.97 Å². The Morgan fingerprint density at radius 2 is 0.887 bits per heavy atom. The summed E-state index contributed by atoms with van der Waals surface area (Å²) in [7, 11) is 0. The molecule has 3 heteroatoms. The van der Waals surface area contributed by atoms with Gasteiger partial charge in [0.1, 0.15) is 0 Å². The van der Waals surface area contributed by atoms with Crippen LogP contribution in [0.25, 0.3) is 44.8 Å². The number of hydrogen-bond donors (Lipinski definition) is 0. The summed E-state index contributed by atoms with van der Waals surface area (Å²) < 4.78 is 0.976. The van der Waals surface area contributed by atoms with Gasteiger partial charge in [-0.15, -0.1) is 0 Å². The second-order valence-electron chi connectivity index (χ2n) is 15.3. The number of rotatable bonds is 10. The molecule has 0 unspecified atom stereocenters. The number of hydrogen-bond acceptors (Lipinski definition) is 2. The molecule has 0 aliphatic carbocycles. The fourth-order valence-corrected chi connectivity index (χ4v) is 6.93. The lowest BCUT2D eigenvalue weighted by Crippen LogP contribution is -2.11. The lowest BCUT2D eigenvalue weighted by atomic mass is 9.86. The molecule has 2 aromatic heterocycles. The van der Waals surface area contributed by atoms with Crippen LogP contribution in [0.4, 0.5) is 0 Å². The molecule has 0 aliphatic heterocycles. The zero-order valence-corrected chi connectivity index (χ0v) is 34.1. The van der Waals surface area contributed by atoms with Crippen molar-refractivity contribution >= 4 is 38.2 Å². The third-order valence-corrected chi connectivity index (χ3v) is 9.87. The highest BCUT2D eigenvalue weighted by molar-refractivity contribution is 9.10. The molecule has 2 heterocycles. The van der Waals surface area contributed by atoms with Crippen molar-refractivity contribution in [2.75, 3.05) is 0 Å². The second kappa shape index (κ2) is 16.7. The predicted octanol–water partition coefficient (Wildman–Crippen LogP) is 14.5. The number of aromatic nitrogens is 2. The van der Waals surface area contributed by atoms with E-state index < -0.39 is 0 Å². The second-order valence-corrected chi connectivity index (χ2v) is 16.2. The van der Waals surface area contributed by atoms with Crippen LogP contribution in [0.15, 0.2) is 157 Å². The number of benzene rings is 3. The molecule has 2 nitrogen and oxygen atoms in total. The monoisotopic (exact) mass is 758 g/mol. The minimum atomic E-state index is 0.0524. The smallest absolute Gasteiger partial charge is 0.0704 e. The zero-order chi connectivity index (χ0) is 38.3. The van der Waals surface area contributed by atoms with Gasteiger partial charge < -0.3 is 0 Å². The van der Waals surface area contributed by atoms with E-state index in [0.717, 1.165) is 71.5 Å². The third kappa shape index (κ3) is 9.28. The van der Waals surface area contributed by atoms with Crippen LogP contribution in [0.3, 0.4) is 0 Å². The standard InChI is InChI=1S/C50H51BrN2/c1-11-15-45(34-17-21-36(22-18-34)47-32-40(25-27-52-47)49(5,6)7)43(13-3)38-29-39(31-42(51)30-38)44(14-4)46(16-12-2)35-19-23-37(24-20-35)48-33-41(26-28-53-48)50(8,9)10/h11-33H,3-4H2,1-2,5-10H3/b15-11-,16-12-,45-43-,46-44-. The maximum atomic E-state index is 4.69. The van der Waals surface area contributed by atoms with Crippen molar-refractivity contribution < 1.29 is 0 Å². The summed E-state index contributed by atoms with van der Waals surface area (Å²) in [5.41, 5.74) is 15.3. The van der Waals surface area contributed by atoms with Crippen LogP contribution in [-0.4, -0.2) is 9.97 Å². The first-order valence-corrected chi connectivity index (χ1v) is 19.0. The molecule has 0 aliphatic rings. The molecule has 268 valence electrons. The molecule has 0 amide bonds. The molecule has 0 N–H and O–H groups in total. The van der Waals surface area contributed by atoms with Crippen LogP contribution in [0.1, 0.15) is 88.8 Å². The van der Waals surface area contributed by atoms with Crippen LogP contribution >= 0.6 is 15.9 Å². The number of nitrogens with zero attached hydrogens (tertiary/aromatic N) is 2. The van der Waals surface area contributed by atoms with E-state index in [2.05, 4.69) is 196 Å². The fourth-order valence-electron chi connectivity index (χ4n) is 6.43. The van der Waals surface area contributed by atoms with Gasteiger partial charge in [0.05, 0.1) is 11.4 Å². The number of pyridine rings is 2. The van der Waals surface area contributed by atoms with E-state index in [4.69, 9.17) is 0 Å². The van der Waals surface area contributed by atoms with Gasteiger partial charge in [0.25, 0.3) is 0 Å². The molecule has 0 fully saturated rings. The van der Waals surface area contributed by atoms with Crippen molar-refractivity contribution in [2.24, 2.45) is 0 Å². The maximum Gasteiger partial charge on any atom is 0.0704 e. The normalized spacial score (nSPS) is 13.2. The molecule has 0 radical (unpaired) electrons. The van der Waals surface area contributed by atoms with Gasteiger partial charge in [-0.05, 0) is 123 Å². The lowest BCUT2D eigenvalue weighted by molar-refractivity contribution is 0.589. The highest BCUT2D eigenvalue weighted by Crippen LogP contribution is 2.37. The first-order chi connectivity index (χ1) is 25.3. The summed E-state index contributed by atoms with van der Waals surface area (Å²) in [6.07, 6.45) is 16.2. The highest BCUT2D eigenvalue weighted by Gasteiger charge is 2.17. The maximum absolute atomic E-state index is 4.69. The van der Waals surface area contributed by atoms with Crippen LogP contribution in [0, 0.1) is 0 Å². The summed E-state index contributed by atoms with van der Waals surface area (Å²) in [5.74, 6) is 0. The first-order valence-electron chi connectivity index (χ1n) is 18.2. The third-order valence-electron chi connectivity index (χ3n) is 9.41. The Morgan fingerprint density at radius 1 is 0.509 bits per heavy atom. The van der Waals surface area contributed by atoms with Crippen LogP contribution in [-0.2, 0) is 10.8 Å². The SMILES string of the molecule is C=C/C(=C(\C=C/C)c1ccc(-c2cc(C(C)(C)C)ccn2)cc1)c1cc(Br)cc(/C(C=C)=C(/C=C\C)c2ccc(-c3cc(C(C)(C)C)ccn3)cc2)c1. The summed E-state index contributed by atoms with van der Waals surface area (Å²) in [5, 5.41) is 0. The van der Waals surface area contributed by atoms with Gasteiger partial charge in [-0.2, -0.15) is 0 Å². The molecule has 0 bridgehead atoms. The Kier molecular flexibility index (Phi) is 12.3. The van der Waals surface area contributed by atoms with E-state index in [1.807, 2.05) is 38.4 Å². The Morgan fingerprint density at radius 3 is 1.21 bits per heavy atom. The number of allylic oxidation sites excluding steroid dienone is 10. The molecule has 0 atom stereocenters. The lowest BCUT2D eigenvalue weighted by Gasteiger charge is -2.19. The molecule has 0 spiro atoms. The molecule has 0 saturated heterocycles. The van der Waals surface area contributed by atoms with Gasteiger partial charge in [0.2, 0.25) is 0 Å². The largest absolute Gasteiger partial charge is 0.256 e. The number of halogens is 1. The summed E-state index contributed by atoms with van der Waals surface area (Å²) >= 11 is 3.84. The summed E-state index contributed by atoms with van der Waals surface area (Å²) in [6.45, 7) is 26.0. The highest BCUT2D eigenvalue weighted by atomic mass is 79.9. The van der Waals surface area contributed by atoms with Crippen LogP contribution < -0.4 is 0 Å². The quantitative estimate of drug-likeness (QED) is 0.105. The topological polar surface area (TPSA) is 25.8 Å². The van der Waals surface area contributed by atoms with Crippen molar-refractivity contribution in [3.05, 3.63) is 191 Å². The molecule has 3 aromatic carbocycles. The van der Waals surface area contributed by atoms with Crippen molar-refractivity contribution in [1.29, 1.82) is 0 Å². The van der Waals surface area contributed by atoms with Gasteiger partial charge in [-0.25, -0.2) is 0 Å². The Bertz CT molecular complexity index is 2070. The van der Waals surface area contributed by atoms with Crippen molar-refractivity contribution in [3.8, 4) is 22.5 Å². The molecular weight excluding hydrogens is 708 g/mol. The molecule has 5 aromatic rings. The minimum Gasteiger partial charge on any atom is -0.256 e. The zero-order valence-electron chi connectivity index (χ0n) is 32.5. The van der Waals surface area contributed by atoms with Gasteiger partial charge >= 0.3 is 0 Å². The predicted molar refractivity (Wildman–Crippen MR) is 235 cm³/mol. The van der Waals surface area contributed by atoms with Crippen molar-refractivity contribution in [3.63, 3.8) is 0 Å². The van der Waals surface area contributed by atoms with E-state index >= 15 is 0 Å². The average Bonchev–Trinajstić information content (AvgIpc) is 3.14. The molecule has 5 rings (SSSR count). The van der Waals surface area contributed by atoms with Gasteiger partial charge in [0.15, 0.2) is 0 Å². The van der Waals surface area contributed by atoms with E-state index in [-0.39, 0.29) is 10.8 Å². The van der Waals surface area contributed by atoms with E-state index in [1.165, 1.54) is 11.1 Å². The van der Waals surface area contributed by atoms with Crippen molar-refractivity contribution in [1.82, 2.24) is 9.97 Å². The Hall–Kier alpha value is -5.12. The summed E-state index contributed by atoms with van der Waals surface area (Å²) in [6, 6.07) is 32.5. The van der Waals surface area contributed by atoms with Crippen LogP contribution in [0.2, 0.25) is 0 Å². The average molecular weight is 760 g/mol. The molecule has 0 saturated carbocycles. The first kappa shape index (κ1) is 39.1. The van der Waals surface area contributed by atoms with Gasteiger partial charge in [0, 0.05) is 28.0 Å². The van der Waals surface area contributed by atoms with Crippen LogP contribution in [0.5, 0.6) is 0 Å². The van der Waals surface area contributed by atoms with E-state index in [0.29, 0.717) is 0 Å². The fraction of sp³-hybridized carbons (Fsp3) is 0.200. The minimum absolute atomic E-state index is 0.0524. The van der Waals surface area contributed by atoms with E-state index in [1.54, 1.807) is 0 Å². The van der Waals surface area contributed by atoms with Gasteiger partial charge in [-0.1, -0.05) is 156 Å². The Labute approximate surface area is 326 Å². The van der Waals surface area contributed by atoms with E-state index in [9.17, 15) is 0 Å². The Balaban J connectivity index is 1.57.